The Bertz CT molecular complexity index is 1330. The van der Waals surface area contributed by atoms with Crippen LogP contribution < -0.4 is 0 Å². The lowest BCUT2D eigenvalue weighted by Gasteiger charge is -2.04. The van der Waals surface area contributed by atoms with Crippen LogP contribution in [-0.4, -0.2) is 4.98 Å². The smallest absolute Gasteiger partial charge is 0.195 e. The summed E-state index contributed by atoms with van der Waals surface area (Å²) >= 11 is 0. The van der Waals surface area contributed by atoms with E-state index in [0.717, 1.165) is 24.5 Å². The molecule has 5 heteroatoms. The van der Waals surface area contributed by atoms with Gasteiger partial charge in [0.2, 0.25) is 0 Å². The highest BCUT2D eigenvalue weighted by Crippen LogP contribution is 2.24. The van der Waals surface area contributed by atoms with Gasteiger partial charge in [0.05, 0.1) is 11.3 Å². The van der Waals surface area contributed by atoms with Crippen LogP contribution >= 0.6 is 0 Å². The third-order valence-electron chi connectivity index (χ3n) is 4.94. The maximum absolute atomic E-state index is 14.6. The Hall–Kier alpha value is -3.65. The molecule has 0 unspecified atom stereocenters. The van der Waals surface area contributed by atoms with Gasteiger partial charge in [-0.05, 0) is 53.8 Å². The second-order valence-corrected chi connectivity index (χ2v) is 7.17. The first-order valence-corrected chi connectivity index (χ1v) is 9.80. The molecule has 0 aliphatic carbocycles. The monoisotopic (exact) mass is 419 g/mol. The summed E-state index contributed by atoms with van der Waals surface area (Å²) in [6.45, 7) is 2.09. The van der Waals surface area contributed by atoms with Crippen molar-refractivity contribution < 1.29 is 17.6 Å². The Balaban J connectivity index is 1.61. The fraction of sp³-hybridized carbons (Fsp3) is 0.115. The van der Waals surface area contributed by atoms with E-state index in [1.165, 1.54) is 24.3 Å². The number of benzene rings is 3. The maximum atomic E-state index is 14.6. The van der Waals surface area contributed by atoms with Gasteiger partial charge in [0.15, 0.2) is 17.5 Å². The molecule has 0 bridgehead atoms. The van der Waals surface area contributed by atoms with Crippen molar-refractivity contribution in [2.75, 3.05) is 0 Å². The second-order valence-electron chi connectivity index (χ2n) is 7.17. The highest BCUT2D eigenvalue weighted by Gasteiger charge is 2.13. The van der Waals surface area contributed by atoms with Gasteiger partial charge in [0.25, 0.3) is 0 Å². The van der Waals surface area contributed by atoms with Gasteiger partial charge in [-0.15, -0.1) is 0 Å². The van der Waals surface area contributed by atoms with Crippen LogP contribution in [0.1, 0.15) is 30.0 Å². The summed E-state index contributed by atoms with van der Waals surface area (Å²) < 4.78 is 55.2. The minimum Gasteiger partial charge on any atom is -0.256 e. The van der Waals surface area contributed by atoms with Gasteiger partial charge in [-0.1, -0.05) is 43.4 Å². The van der Waals surface area contributed by atoms with Gasteiger partial charge in [0, 0.05) is 22.7 Å². The highest BCUT2D eigenvalue weighted by atomic mass is 19.2. The van der Waals surface area contributed by atoms with Crippen molar-refractivity contribution in [3.05, 3.63) is 101 Å². The van der Waals surface area contributed by atoms with Crippen LogP contribution in [0.5, 0.6) is 0 Å². The number of aryl methyl sites for hydroxylation is 1. The average Bonchev–Trinajstić information content (AvgIpc) is 2.77. The summed E-state index contributed by atoms with van der Waals surface area (Å²) in [4.78, 5) is 4.39. The number of rotatable bonds is 3. The molecule has 0 aliphatic heterocycles. The van der Waals surface area contributed by atoms with E-state index >= 15 is 0 Å². The lowest BCUT2D eigenvalue weighted by molar-refractivity contribution is 0.453. The van der Waals surface area contributed by atoms with Crippen LogP contribution in [0.4, 0.5) is 17.6 Å². The van der Waals surface area contributed by atoms with Crippen molar-refractivity contribution in [3.63, 3.8) is 0 Å². The van der Waals surface area contributed by atoms with Gasteiger partial charge in [-0.2, -0.15) is 0 Å². The van der Waals surface area contributed by atoms with Gasteiger partial charge in [-0.25, -0.2) is 17.6 Å². The number of halogens is 4. The first-order chi connectivity index (χ1) is 15.0. The number of aromatic nitrogens is 1. The van der Waals surface area contributed by atoms with Crippen LogP contribution in [0.25, 0.3) is 22.0 Å². The summed E-state index contributed by atoms with van der Waals surface area (Å²) in [6.07, 6.45) is 3.77. The molecule has 4 aromatic rings. The highest BCUT2D eigenvalue weighted by molar-refractivity contribution is 5.84. The number of hydrogen-bond acceptors (Lipinski definition) is 1. The molecule has 0 aliphatic rings. The Kier molecular flexibility index (Phi) is 5.73. The van der Waals surface area contributed by atoms with Crippen molar-refractivity contribution >= 4 is 10.8 Å². The third kappa shape index (κ3) is 4.29. The lowest BCUT2D eigenvalue weighted by atomic mass is 10.0. The molecule has 0 saturated carbocycles. The Morgan fingerprint density at radius 2 is 1.65 bits per heavy atom. The number of fused-ring (bicyclic) bond motifs is 1. The Labute approximate surface area is 177 Å². The molecule has 31 heavy (non-hydrogen) atoms. The molecule has 154 valence electrons. The minimum atomic E-state index is -1.51. The lowest BCUT2D eigenvalue weighted by Crippen LogP contribution is -1.92. The van der Waals surface area contributed by atoms with Crippen molar-refractivity contribution in [1.82, 2.24) is 4.98 Å². The summed E-state index contributed by atoms with van der Waals surface area (Å²) in [7, 11) is 0. The molecule has 0 N–H and O–H groups in total. The average molecular weight is 419 g/mol. The van der Waals surface area contributed by atoms with Crippen molar-refractivity contribution in [2.24, 2.45) is 0 Å². The molecule has 4 rings (SSSR count). The van der Waals surface area contributed by atoms with E-state index in [-0.39, 0.29) is 16.3 Å². The number of nitrogens with zero attached hydrogens (tertiary/aromatic N) is 1. The SMILES string of the molecule is CCCc1ccc(-c2ccc(C#Cc3ccc4c(F)c(F)c(F)cc4c3)c(F)c2)nc1. The fourth-order valence-electron chi connectivity index (χ4n) is 3.33. The first kappa shape index (κ1) is 20.6. The summed E-state index contributed by atoms with van der Waals surface area (Å²) in [5.41, 5.74) is 3.05. The van der Waals surface area contributed by atoms with E-state index in [0.29, 0.717) is 16.8 Å². The maximum Gasteiger partial charge on any atom is 0.195 e. The van der Waals surface area contributed by atoms with Gasteiger partial charge < -0.3 is 0 Å². The van der Waals surface area contributed by atoms with Crippen LogP contribution in [0.3, 0.4) is 0 Å². The van der Waals surface area contributed by atoms with Crippen LogP contribution in [0.2, 0.25) is 0 Å². The molecule has 0 spiro atoms. The molecule has 0 fully saturated rings. The molecule has 1 aromatic heterocycles. The Morgan fingerprint density at radius 1 is 0.806 bits per heavy atom. The molecule has 1 nitrogen and oxygen atoms in total. The van der Waals surface area contributed by atoms with E-state index in [4.69, 9.17) is 0 Å². The van der Waals surface area contributed by atoms with E-state index in [9.17, 15) is 17.6 Å². The van der Waals surface area contributed by atoms with E-state index < -0.39 is 23.3 Å². The molecule has 0 radical (unpaired) electrons. The van der Waals surface area contributed by atoms with Gasteiger partial charge in [-0.3, -0.25) is 4.98 Å². The third-order valence-corrected chi connectivity index (χ3v) is 4.94. The van der Waals surface area contributed by atoms with Crippen LogP contribution in [-0.2, 0) is 6.42 Å². The normalized spacial score (nSPS) is 10.7. The predicted molar refractivity (Wildman–Crippen MR) is 113 cm³/mol. The zero-order valence-electron chi connectivity index (χ0n) is 16.6. The minimum absolute atomic E-state index is 0.0440. The van der Waals surface area contributed by atoms with Crippen LogP contribution in [0.15, 0.2) is 60.8 Å². The molecule has 3 aromatic carbocycles. The standard InChI is InChI=1S/C26H17F4N/c1-2-3-17-6-11-24(31-15-17)19-9-8-18(22(27)13-19)7-4-16-5-10-21-20(12-16)14-23(28)26(30)25(21)29/h5-6,8-15H,2-3H2,1H3. The van der Waals surface area contributed by atoms with Crippen molar-refractivity contribution in [2.45, 2.75) is 19.8 Å². The topological polar surface area (TPSA) is 12.9 Å². The summed E-state index contributed by atoms with van der Waals surface area (Å²) in [6, 6.07) is 13.7. The molecule has 0 atom stereocenters. The molecular formula is C26H17F4N. The first-order valence-electron chi connectivity index (χ1n) is 9.80. The zero-order valence-corrected chi connectivity index (χ0v) is 16.6. The van der Waals surface area contributed by atoms with Crippen LogP contribution in [0, 0.1) is 35.1 Å². The quantitative estimate of drug-likeness (QED) is 0.202. The molecular weight excluding hydrogens is 402 g/mol. The molecule has 0 saturated heterocycles. The molecule has 0 amide bonds. The summed E-state index contributed by atoms with van der Waals surface area (Å²) in [5.74, 6) is 0.996. The largest absolute Gasteiger partial charge is 0.256 e. The fourth-order valence-corrected chi connectivity index (χ4v) is 3.33. The van der Waals surface area contributed by atoms with E-state index in [2.05, 4.69) is 23.7 Å². The van der Waals surface area contributed by atoms with E-state index in [1.807, 2.05) is 12.1 Å². The van der Waals surface area contributed by atoms with Gasteiger partial charge >= 0.3 is 0 Å². The van der Waals surface area contributed by atoms with Crippen molar-refractivity contribution in [1.29, 1.82) is 0 Å². The molecule has 1 heterocycles. The Morgan fingerprint density at radius 3 is 2.35 bits per heavy atom. The van der Waals surface area contributed by atoms with Gasteiger partial charge in [0.1, 0.15) is 5.82 Å². The number of pyridine rings is 1. The van der Waals surface area contributed by atoms with Crippen molar-refractivity contribution in [3.8, 4) is 23.1 Å². The summed E-state index contributed by atoms with van der Waals surface area (Å²) in [5, 5.41) is 0.133. The zero-order chi connectivity index (χ0) is 22.0. The predicted octanol–water partition coefficient (Wildman–Crippen LogP) is 6.81. The number of hydrogen-bond donors (Lipinski definition) is 0. The second kappa shape index (κ2) is 8.61. The van der Waals surface area contributed by atoms with E-state index in [1.54, 1.807) is 18.3 Å².